The molecule has 1 aliphatic heterocycles. The van der Waals surface area contributed by atoms with Gasteiger partial charge in [0.25, 0.3) is 0 Å². The van der Waals surface area contributed by atoms with Crippen molar-refractivity contribution in [2.45, 2.75) is 69.8 Å². The van der Waals surface area contributed by atoms with Crippen LogP contribution in [0.5, 0.6) is 0 Å². The van der Waals surface area contributed by atoms with E-state index in [0.717, 1.165) is 6.42 Å². The lowest BCUT2D eigenvalue weighted by Gasteiger charge is -2.39. The Hall–Kier alpha value is -0.660. The summed E-state index contributed by atoms with van der Waals surface area (Å²) in [6.45, 7) is 6.57. The molecule has 1 heterocycles. The van der Waals surface area contributed by atoms with Gasteiger partial charge in [-0.05, 0) is 6.42 Å². The summed E-state index contributed by atoms with van der Waals surface area (Å²) < 4.78 is 5.54. The van der Waals surface area contributed by atoms with Gasteiger partial charge in [0.2, 0.25) is 17.7 Å². The quantitative estimate of drug-likeness (QED) is 0.0678. The summed E-state index contributed by atoms with van der Waals surface area (Å²) >= 11 is 0. The van der Waals surface area contributed by atoms with E-state index in [2.05, 4.69) is 16.0 Å². The smallest absolute Gasteiger partial charge is 0.225 e. The highest BCUT2D eigenvalue weighted by molar-refractivity contribution is 8.76. The van der Waals surface area contributed by atoms with Crippen molar-refractivity contribution in [2.24, 2.45) is 5.41 Å². The third-order valence-electron chi connectivity index (χ3n) is 5.86. The van der Waals surface area contributed by atoms with Crippen LogP contribution in [0.3, 0.4) is 0 Å². The van der Waals surface area contributed by atoms with Gasteiger partial charge in [-0.25, -0.2) is 0 Å². The average Bonchev–Trinajstić information content (AvgIpc) is 2.86. The fourth-order valence-electron chi connectivity index (χ4n) is 3.05. The monoisotopic (exact) mass is 571 g/mol. The van der Waals surface area contributed by atoms with Gasteiger partial charge in [0.15, 0.2) is 0 Å². The van der Waals surface area contributed by atoms with Crippen molar-refractivity contribution in [1.82, 2.24) is 16.0 Å². The van der Waals surface area contributed by atoms with Gasteiger partial charge in [0, 0.05) is 55.1 Å². The second kappa shape index (κ2) is 17.8. The molecule has 0 saturated carbocycles. The number of nitrogens with one attached hydrogen (secondary N) is 3. The molecule has 1 saturated heterocycles. The Morgan fingerprint density at radius 2 is 1.44 bits per heavy atom. The molecule has 1 rings (SSSR count). The SMILES string of the molecule is CCC(C)(C)C(=O)NCCNC(=O)CCSSCCC(=O)NCCOC1PC(CO)C(O)C(O)C1O. The lowest BCUT2D eigenvalue weighted by atomic mass is 9.89. The number of carbonyl (C=O) groups excluding carboxylic acids is 3. The number of rotatable bonds is 17. The van der Waals surface area contributed by atoms with Gasteiger partial charge in [-0.1, -0.05) is 50.9 Å². The van der Waals surface area contributed by atoms with E-state index in [-0.39, 0.29) is 46.1 Å². The first-order chi connectivity index (χ1) is 17.0. The number of ether oxygens (including phenoxy) is 1. The van der Waals surface area contributed by atoms with E-state index in [1.807, 2.05) is 20.8 Å². The molecule has 0 bridgehead atoms. The maximum Gasteiger partial charge on any atom is 0.225 e. The third-order valence-corrected chi connectivity index (χ3v) is 10.1. The van der Waals surface area contributed by atoms with Crippen LogP contribution in [-0.2, 0) is 19.1 Å². The minimum absolute atomic E-state index is 0.0251. The number of hydrogen-bond acceptors (Lipinski definition) is 10. The van der Waals surface area contributed by atoms with Gasteiger partial charge in [-0.2, -0.15) is 0 Å². The van der Waals surface area contributed by atoms with E-state index < -0.39 is 35.2 Å². The Morgan fingerprint density at radius 1 is 0.889 bits per heavy atom. The molecule has 1 fully saturated rings. The Balaban J connectivity index is 2.02. The Labute approximate surface area is 222 Å². The predicted molar refractivity (Wildman–Crippen MR) is 144 cm³/mol. The average molecular weight is 572 g/mol. The van der Waals surface area contributed by atoms with Crippen molar-refractivity contribution in [3.8, 4) is 0 Å². The number of carbonyl (C=O) groups is 3. The fraction of sp³-hybridized carbons (Fsp3) is 0.864. The Bertz CT molecular complexity index is 690. The van der Waals surface area contributed by atoms with Crippen LogP contribution in [0.25, 0.3) is 0 Å². The Morgan fingerprint density at radius 3 is 2.00 bits per heavy atom. The molecular formula is C22H42N3O8PS2. The second-order valence-electron chi connectivity index (χ2n) is 9.06. The standard InChI is InChI=1S/C22H42N3O8PS2/c1-4-22(2,3)21(32)25-8-7-23-15(27)5-11-35-36-12-6-16(28)24-9-10-33-20-19(31)18(30)17(29)14(13-26)34-20/h14,17-20,26,29-31,34H,4-13H2,1-3H3,(H,23,27)(H,24,28)(H,25,32). The zero-order valence-corrected chi connectivity index (χ0v) is 23.8. The van der Waals surface area contributed by atoms with Gasteiger partial charge in [0.1, 0.15) is 18.1 Å². The molecule has 7 N–H and O–H groups in total. The van der Waals surface area contributed by atoms with Crippen molar-refractivity contribution in [3.63, 3.8) is 0 Å². The van der Waals surface area contributed by atoms with E-state index >= 15 is 0 Å². The van der Waals surface area contributed by atoms with Crippen molar-refractivity contribution >= 4 is 47.9 Å². The fourth-order valence-corrected chi connectivity index (χ4v) is 6.56. The molecule has 1 aliphatic rings. The summed E-state index contributed by atoms with van der Waals surface area (Å²) in [7, 11) is 2.95. The zero-order chi connectivity index (χ0) is 27.1. The topological polar surface area (TPSA) is 177 Å². The summed E-state index contributed by atoms with van der Waals surface area (Å²) in [5.74, 6) is 0.245. The molecule has 3 amide bonds. The van der Waals surface area contributed by atoms with Crippen LogP contribution in [0, 0.1) is 5.41 Å². The number of amides is 3. The van der Waals surface area contributed by atoms with Crippen LogP contribution in [0.1, 0.15) is 40.0 Å². The molecule has 0 aliphatic carbocycles. The van der Waals surface area contributed by atoms with Gasteiger partial charge in [-0.3, -0.25) is 14.4 Å². The highest BCUT2D eigenvalue weighted by Gasteiger charge is 2.42. The van der Waals surface area contributed by atoms with Crippen LogP contribution in [-0.4, -0.2) is 112 Å². The van der Waals surface area contributed by atoms with Gasteiger partial charge in [0.05, 0.1) is 19.3 Å². The van der Waals surface area contributed by atoms with E-state index in [1.165, 1.54) is 21.6 Å². The molecule has 0 aromatic carbocycles. The van der Waals surface area contributed by atoms with Crippen molar-refractivity contribution < 1.29 is 39.5 Å². The van der Waals surface area contributed by atoms with Crippen LogP contribution >= 0.6 is 30.2 Å². The number of aliphatic hydroxyl groups is 4. The molecule has 0 aromatic rings. The largest absolute Gasteiger partial charge is 0.396 e. The zero-order valence-electron chi connectivity index (χ0n) is 21.2. The van der Waals surface area contributed by atoms with Crippen LogP contribution in [0.2, 0.25) is 0 Å². The molecular weight excluding hydrogens is 529 g/mol. The number of hydrogen-bond donors (Lipinski definition) is 7. The summed E-state index contributed by atoms with van der Waals surface area (Å²) in [6, 6.07) is 0. The lowest BCUT2D eigenvalue weighted by molar-refractivity contribution is -0.129. The lowest BCUT2D eigenvalue weighted by Crippen LogP contribution is -2.54. The van der Waals surface area contributed by atoms with Gasteiger partial charge in [-0.15, -0.1) is 0 Å². The highest BCUT2D eigenvalue weighted by atomic mass is 33.1. The predicted octanol–water partition coefficient (Wildman–Crippen LogP) is -0.589. The van der Waals surface area contributed by atoms with Crippen LogP contribution in [0.4, 0.5) is 0 Å². The van der Waals surface area contributed by atoms with E-state index in [9.17, 15) is 34.8 Å². The molecule has 6 unspecified atom stereocenters. The van der Waals surface area contributed by atoms with E-state index in [0.29, 0.717) is 37.4 Å². The first-order valence-corrected chi connectivity index (χ1v) is 15.8. The third kappa shape index (κ3) is 12.3. The summed E-state index contributed by atoms with van der Waals surface area (Å²) in [4.78, 5) is 35.7. The molecule has 36 heavy (non-hydrogen) atoms. The number of aliphatic hydroxyl groups excluding tert-OH is 4. The molecule has 11 nitrogen and oxygen atoms in total. The maximum atomic E-state index is 12.0. The Kier molecular flexibility index (Phi) is 16.5. The molecule has 0 spiro atoms. The van der Waals surface area contributed by atoms with Gasteiger partial charge >= 0.3 is 0 Å². The molecule has 6 atom stereocenters. The van der Waals surface area contributed by atoms with E-state index in [4.69, 9.17) is 4.74 Å². The molecule has 0 radical (unpaired) electrons. The minimum atomic E-state index is -1.38. The van der Waals surface area contributed by atoms with Crippen molar-refractivity contribution in [1.29, 1.82) is 0 Å². The molecule has 0 aromatic heterocycles. The second-order valence-corrected chi connectivity index (χ2v) is 13.4. The highest BCUT2D eigenvalue weighted by Crippen LogP contribution is 2.38. The summed E-state index contributed by atoms with van der Waals surface area (Å²) in [5.41, 5.74) is -0.962. The van der Waals surface area contributed by atoms with Crippen LogP contribution < -0.4 is 16.0 Å². The van der Waals surface area contributed by atoms with Gasteiger partial charge < -0.3 is 41.1 Å². The van der Waals surface area contributed by atoms with Crippen molar-refractivity contribution in [2.75, 3.05) is 44.4 Å². The summed E-state index contributed by atoms with van der Waals surface area (Å²) in [5, 5.41) is 47.3. The first-order valence-electron chi connectivity index (χ1n) is 12.1. The molecule has 14 heteroatoms. The normalized spacial score (nSPS) is 24.9. The first kappa shape index (κ1) is 33.4. The van der Waals surface area contributed by atoms with E-state index in [1.54, 1.807) is 0 Å². The molecule has 210 valence electrons. The summed E-state index contributed by atoms with van der Waals surface area (Å²) in [6.07, 6.45) is -2.41. The van der Waals surface area contributed by atoms with Crippen LogP contribution in [0.15, 0.2) is 0 Å². The van der Waals surface area contributed by atoms with Crippen molar-refractivity contribution in [3.05, 3.63) is 0 Å². The maximum absolute atomic E-state index is 12.0. The minimum Gasteiger partial charge on any atom is -0.396 e.